The first kappa shape index (κ1) is 27.3. The maximum absolute atomic E-state index is 13.8. The Morgan fingerprint density at radius 1 is 1.16 bits per heavy atom. The van der Waals surface area contributed by atoms with Gasteiger partial charge in [0.15, 0.2) is 0 Å². The average Bonchev–Trinajstić information content (AvgIpc) is 3.51. The molecule has 3 aromatic rings. The van der Waals surface area contributed by atoms with Crippen molar-refractivity contribution in [2.45, 2.75) is 51.2 Å². The van der Waals surface area contributed by atoms with Crippen molar-refractivity contribution in [2.75, 3.05) is 19.1 Å². The number of rotatable bonds is 8. The highest BCUT2D eigenvalue weighted by Crippen LogP contribution is 2.49. The van der Waals surface area contributed by atoms with E-state index >= 15 is 0 Å². The average molecular weight is 535 g/mol. The number of tetrazole rings is 1. The van der Waals surface area contributed by atoms with Crippen molar-refractivity contribution in [2.24, 2.45) is 17.1 Å². The number of ether oxygens (including phenoxy) is 1. The van der Waals surface area contributed by atoms with E-state index in [1.165, 1.54) is 25.3 Å². The van der Waals surface area contributed by atoms with Crippen LogP contribution in [0.25, 0.3) is 5.69 Å². The number of carbonyl (C=O) groups is 1. The van der Waals surface area contributed by atoms with Gasteiger partial charge in [0.25, 0.3) is 5.82 Å². The highest BCUT2D eigenvalue weighted by atomic mass is 19.4. The fraction of sp³-hybridized carbons (Fsp3) is 0.462. The normalized spacial score (nSPS) is 19.9. The number of benzene rings is 2. The van der Waals surface area contributed by atoms with Crippen molar-refractivity contribution >= 4 is 11.6 Å². The maximum atomic E-state index is 13.8. The van der Waals surface area contributed by atoms with Crippen molar-refractivity contribution in [3.05, 3.63) is 59.7 Å². The molecule has 0 aliphatic heterocycles. The van der Waals surface area contributed by atoms with Crippen LogP contribution in [0.4, 0.5) is 23.2 Å². The van der Waals surface area contributed by atoms with E-state index in [-0.39, 0.29) is 29.4 Å². The molecule has 3 atom stereocenters. The summed E-state index contributed by atoms with van der Waals surface area (Å²) in [5.74, 6) is -1.59. The second kappa shape index (κ2) is 10.2. The van der Waals surface area contributed by atoms with Crippen molar-refractivity contribution in [1.29, 1.82) is 0 Å². The molecule has 38 heavy (non-hydrogen) atoms. The second-order valence-electron chi connectivity index (χ2n) is 10.3. The third-order valence-corrected chi connectivity index (χ3v) is 7.46. The number of carbonyl (C=O) groups excluding carboxylic acids is 1. The molecule has 1 amide bonds. The molecule has 0 saturated heterocycles. The number of hydrogen-bond acceptors (Lipinski definition) is 6. The lowest BCUT2D eigenvalue weighted by Crippen LogP contribution is -2.38. The predicted octanol–water partition coefficient (Wildman–Crippen LogP) is 4.73. The lowest BCUT2D eigenvalue weighted by atomic mass is 9.75. The van der Waals surface area contributed by atoms with Crippen LogP contribution in [-0.2, 0) is 11.0 Å². The highest BCUT2D eigenvalue weighted by molar-refractivity contribution is 5.79. The zero-order chi connectivity index (χ0) is 27.8. The molecule has 0 spiro atoms. The molecule has 0 radical (unpaired) electrons. The minimum atomic E-state index is -4.74. The van der Waals surface area contributed by atoms with Crippen LogP contribution < -0.4 is 15.4 Å². The number of hydrogen-bond donors (Lipinski definition) is 1. The fourth-order valence-electron chi connectivity index (χ4n) is 5.46. The molecule has 2 N–H and O–H groups in total. The van der Waals surface area contributed by atoms with Gasteiger partial charge in [-0.1, -0.05) is 26.0 Å². The number of amides is 1. The Balaban J connectivity index is 1.75. The van der Waals surface area contributed by atoms with E-state index in [1.807, 2.05) is 25.8 Å². The van der Waals surface area contributed by atoms with Crippen LogP contribution in [0.3, 0.4) is 0 Å². The van der Waals surface area contributed by atoms with E-state index in [0.29, 0.717) is 22.5 Å². The minimum Gasteiger partial charge on any atom is -0.495 e. The molecule has 1 aliphatic rings. The molecule has 12 heteroatoms. The number of anilines is 1. The topological polar surface area (TPSA) is 99.2 Å². The summed E-state index contributed by atoms with van der Waals surface area (Å²) in [4.78, 5) is 14.1. The van der Waals surface area contributed by atoms with Crippen LogP contribution >= 0.6 is 0 Å². The number of nitrogens with two attached hydrogens (primary N) is 1. The molecule has 1 aromatic heterocycles. The van der Waals surface area contributed by atoms with E-state index in [0.717, 1.165) is 18.4 Å². The van der Waals surface area contributed by atoms with Crippen LogP contribution in [0.1, 0.15) is 50.4 Å². The number of halogens is 4. The monoisotopic (exact) mass is 534 g/mol. The Morgan fingerprint density at radius 3 is 2.45 bits per heavy atom. The summed E-state index contributed by atoms with van der Waals surface area (Å²) in [6.07, 6.45) is -2.70. The Bertz CT molecular complexity index is 1290. The van der Waals surface area contributed by atoms with Crippen molar-refractivity contribution in [3.8, 4) is 11.4 Å². The van der Waals surface area contributed by atoms with Gasteiger partial charge in [-0.2, -0.15) is 17.9 Å². The zero-order valence-electron chi connectivity index (χ0n) is 21.5. The molecule has 1 aliphatic carbocycles. The largest absolute Gasteiger partial charge is 0.495 e. The molecule has 2 aromatic carbocycles. The van der Waals surface area contributed by atoms with Gasteiger partial charge in [0.2, 0.25) is 5.91 Å². The van der Waals surface area contributed by atoms with Gasteiger partial charge in [-0.05, 0) is 71.5 Å². The van der Waals surface area contributed by atoms with Gasteiger partial charge in [0, 0.05) is 24.4 Å². The molecular weight excluding hydrogens is 504 g/mol. The molecule has 204 valence electrons. The smallest absolute Gasteiger partial charge is 0.453 e. The van der Waals surface area contributed by atoms with E-state index < -0.39 is 23.3 Å². The summed E-state index contributed by atoms with van der Waals surface area (Å²) in [5, 5.41) is 9.89. The number of alkyl halides is 3. The van der Waals surface area contributed by atoms with E-state index in [9.17, 15) is 22.4 Å². The van der Waals surface area contributed by atoms with E-state index in [1.54, 1.807) is 24.3 Å². The van der Waals surface area contributed by atoms with Crippen molar-refractivity contribution < 1.29 is 27.1 Å². The molecule has 1 fully saturated rings. The van der Waals surface area contributed by atoms with Gasteiger partial charge >= 0.3 is 6.18 Å². The summed E-state index contributed by atoms with van der Waals surface area (Å²) < 4.78 is 60.4. The third-order valence-electron chi connectivity index (χ3n) is 7.46. The highest BCUT2D eigenvalue weighted by Gasteiger charge is 2.43. The maximum Gasteiger partial charge on any atom is 0.453 e. The lowest BCUT2D eigenvalue weighted by Gasteiger charge is -2.36. The molecule has 0 bridgehead atoms. The summed E-state index contributed by atoms with van der Waals surface area (Å²) in [6, 6.07) is 10.7. The first-order valence-electron chi connectivity index (χ1n) is 12.2. The summed E-state index contributed by atoms with van der Waals surface area (Å²) in [6.45, 7) is 3.62. The zero-order valence-corrected chi connectivity index (χ0v) is 21.5. The van der Waals surface area contributed by atoms with Gasteiger partial charge in [0.05, 0.1) is 18.5 Å². The standard InChI is InChI=1S/C26H30F4N6O2/c1-25(2,23(31)37)14-16-7-11-19(22(16)15-5-8-17(27)9-6-15)35(3)20-13-18(10-12-21(20)38-4)36-24(26(28,29)30)32-33-34-36/h5-6,8-10,12-13,16,19,22H,7,11,14H2,1-4H3,(H2,31,37)/t16-,19-,22+/m0/s1. The first-order valence-corrected chi connectivity index (χ1v) is 12.2. The molecule has 1 heterocycles. The summed E-state index contributed by atoms with van der Waals surface area (Å²) >= 11 is 0. The van der Waals surface area contributed by atoms with Crippen LogP contribution in [0.2, 0.25) is 0 Å². The Kier molecular flexibility index (Phi) is 7.35. The fourth-order valence-corrected chi connectivity index (χ4v) is 5.46. The minimum absolute atomic E-state index is 0.0564. The summed E-state index contributed by atoms with van der Waals surface area (Å²) in [5.41, 5.74) is 6.48. The summed E-state index contributed by atoms with van der Waals surface area (Å²) in [7, 11) is 3.32. The lowest BCUT2D eigenvalue weighted by molar-refractivity contribution is -0.146. The number of nitrogens with zero attached hydrogens (tertiary/aromatic N) is 5. The number of likely N-dealkylation sites (N-methyl/N-ethyl adjacent to an activating group) is 1. The second-order valence-corrected chi connectivity index (χ2v) is 10.3. The number of aromatic nitrogens is 4. The van der Waals surface area contributed by atoms with Gasteiger partial charge in [-0.15, -0.1) is 5.10 Å². The van der Waals surface area contributed by atoms with Gasteiger partial charge in [-0.25, -0.2) is 4.39 Å². The molecule has 1 saturated carbocycles. The quantitative estimate of drug-likeness (QED) is 0.420. The van der Waals surface area contributed by atoms with Crippen LogP contribution in [0.15, 0.2) is 42.5 Å². The first-order chi connectivity index (χ1) is 17.8. The number of primary amides is 1. The van der Waals surface area contributed by atoms with Crippen LogP contribution in [0, 0.1) is 17.2 Å². The van der Waals surface area contributed by atoms with Crippen LogP contribution in [-0.4, -0.2) is 46.3 Å². The Labute approximate surface area is 217 Å². The van der Waals surface area contributed by atoms with E-state index in [4.69, 9.17) is 10.5 Å². The molecule has 0 unspecified atom stereocenters. The van der Waals surface area contributed by atoms with Crippen molar-refractivity contribution in [3.63, 3.8) is 0 Å². The third kappa shape index (κ3) is 5.30. The number of methoxy groups -OCH3 is 1. The van der Waals surface area contributed by atoms with Crippen molar-refractivity contribution in [1.82, 2.24) is 20.2 Å². The Hall–Kier alpha value is -3.70. The van der Waals surface area contributed by atoms with Gasteiger partial charge < -0.3 is 15.4 Å². The predicted molar refractivity (Wildman–Crippen MR) is 132 cm³/mol. The SMILES string of the molecule is COc1ccc(-n2nnnc2C(F)(F)F)cc1N(C)[C@H]1CC[C@@H](CC(C)(C)C(N)=O)[C@H]1c1ccc(F)cc1. The van der Waals surface area contributed by atoms with E-state index in [2.05, 4.69) is 15.5 Å². The van der Waals surface area contributed by atoms with Gasteiger partial charge in [-0.3, -0.25) is 4.79 Å². The van der Waals surface area contributed by atoms with Gasteiger partial charge in [0.1, 0.15) is 11.6 Å². The Morgan fingerprint density at radius 2 is 1.84 bits per heavy atom. The molecular formula is C26H30F4N6O2. The van der Waals surface area contributed by atoms with Crippen LogP contribution in [0.5, 0.6) is 5.75 Å². The molecule has 8 nitrogen and oxygen atoms in total. The molecule has 4 rings (SSSR count).